The van der Waals surface area contributed by atoms with Crippen LogP contribution in [0.5, 0.6) is 0 Å². The molecule has 0 aliphatic carbocycles. The number of hydrogen-bond donors (Lipinski definition) is 4. The highest BCUT2D eigenvalue weighted by Gasteiger charge is 2.24. The summed E-state index contributed by atoms with van der Waals surface area (Å²) in [4.78, 5) is 26.7. The molecule has 8 heteroatoms. The predicted molar refractivity (Wildman–Crippen MR) is 77.9 cm³/mol. The van der Waals surface area contributed by atoms with Crippen molar-refractivity contribution < 1.29 is 19.4 Å². The molecule has 116 valence electrons. The van der Waals surface area contributed by atoms with Crippen molar-refractivity contribution in [3.05, 3.63) is 18.3 Å². The van der Waals surface area contributed by atoms with Gasteiger partial charge >= 0.3 is 12.1 Å². The molecule has 0 spiro atoms. The van der Waals surface area contributed by atoms with Gasteiger partial charge in [-0.1, -0.05) is 0 Å². The average molecular weight is 296 g/mol. The first-order valence-corrected chi connectivity index (χ1v) is 6.36. The number of anilines is 2. The first-order valence-electron chi connectivity index (χ1n) is 6.36. The maximum atomic E-state index is 11.6. The van der Waals surface area contributed by atoms with E-state index >= 15 is 0 Å². The van der Waals surface area contributed by atoms with Gasteiger partial charge in [-0.3, -0.25) is 0 Å². The molecule has 1 aromatic heterocycles. The molecular weight excluding hydrogens is 276 g/mol. The summed E-state index contributed by atoms with van der Waals surface area (Å²) < 4.78 is 5.01. The number of aliphatic carboxylic acids is 1. The number of amides is 1. The van der Waals surface area contributed by atoms with Gasteiger partial charge in [-0.05, 0) is 32.9 Å². The highest BCUT2D eigenvalue weighted by molar-refractivity contribution is 5.80. The number of nitrogens with one attached hydrogen (secondary N) is 2. The van der Waals surface area contributed by atoms with Crippen LogP contribution in [0.1, 0.15) is 20.8 Å². The van der Waals surface area contributed by atoms with Gasteiger partial charge in [0.15, 0.2) is 0 Å². The van der Waals surface area contributed by atoms with Gasteiger partial charge < -0.3 is 26.2 Å². The van der Waals surface area contributed by atoms with Gasteiger partial charge in [0.1, 0.15) is 17.5 Å². The van der Waals surface area contributed by atoms with Crippen molar-refractivity contribution >= 4 is 23.6 Å². The van der Waals surface area contributed by atoms with Gasteiger partial charge in [0.05, 0.1) is 5.69 Å². The Morgan fingerprint density at radius 3 is 2.67 bits per heavy atom. The summed E-state index contributed by atoms with van der Waals surface area (Å²) in [5, 5.41) is 14.2. The van der Waals surface area contributed by atoms with Crippen LogP contribution in [-0.2, 0) is 9.53 Å². The third kappa shape index (κ3) is 5.98. The highest BCUT2D eigenvalue weighted by atomic mass is 16.6. The zero-order valence-corrected chi connectivity index (χ0v) is 12.2. The van der Waals surface area contributed by atoms with E-state index in [4.69, 9.17) is 15.6 Å². The SMILES string of the molecule is CC(C)(C)OC(=O)N[C@@H](CNc1ncccc1N)C(=O)O. The number of carboxylic acid groups (broad SMARTS) is 1. The van der Waals surface area contributed by atoms with Gasteiger partial charge in [-0.2, -0.15) is 0 Å². The van der Waals surface area contributed by atoms with E-state index in [-0.39, 0.29) is 6.54 Å². The van der Waals surface area contributed by atoms with E-state index in [9.17, 15) is 9.59 Å². The minimum atomic E-state index is -1.19. The zero-order valence-electron chi connectivity index (χ0n) is 12.2. The largest absolute Gasteiger partial charge is 0.480 e. The second kappa shape index (κ2) is 6.78. The number of carbonyl (C=O) groups excluding carboxylic acids is 1. The Labute approximate surface area is 122 Å². The number of pyridine rings is 1. The summed E-state index contributed by atoms with van der Waals surface area (Å²) in [7, 11) is 0. The van der Waals surface area contributed by atoms with Crippen LogP contribution in [0.15, 0.2) is 18.3 Å². The number of nitrogens with two attached hydrogens (primary N) is 1. The summed E-state index contributed by atoms with van der Waals surface area (Å²) in [6.45, 7) is 5.00. The second-order valence-electron chi connectivity index (χ2n) is 5.36. The fourth-order valence-electron chi connectivity index (χ4n) is 1.41. The number of carbonyl (C=O) groups is 2. The molecule has 0 saturated heterocycles. The van der Waals surface area contributed by atoms with Crippen molar-refractivity contribution in [1.29, 1.82) is 0 Å². The van der Waals surface area contributed by atoms with E-state index < -0.39 is 23.7 Å². The highest BCUT2D eigenvalue weighted by Crippen LogP contribution is 2.12. The van der Waals surface area contributed by atoms with Crippen molar-refractivity contribution in [2.45, 2.75) is 32.4 Å². The molecule has 1 amide bonds. The summed E-state index contributed by atoms with van der Waals surface area (Å²) >= 11 is 0. The van der Waals surface area contributed by atoms with Crippen LogP contribution >= 0.6 is 0 Å². The van der Waals surface area contributed by atoms with Gasteiger partial charge in [0.2, 0.25) is 0 Å². The number of aromatic nitrogens is 1. The van der Waals surface area contributed by atoms with Gasteiger partial charge in [0.25, 0.3) is 0 Å². The van der Waals surface area contributed by atoms with E-state index in [1.54, 1.807) is 32.9 Å². The van der Waals surface area contributed by atoms with Crippen LogP contribution < -0.4 is 16.4 Å². The van der Waals surface area contributed by atoms with Crippen molar-refractivity contribution in [2.75, 3.05) is 17.6 Å². The number of ether oxygens (including phenoxy) is 1. The molecule has 21 heavy (non-hydrogen) atoms. The van der Waals surface area contributed by atoms with Crippen molar-refractivity contribution in [3.8, 4) is 0 Å². The molecule has 0 aliphatic heterocycles. The van der Waals surface area contributed by atoms with Crippen LogP contribution in [0, 0.1) is 0 Å². The molecule has 5 N–H and O–H groups in total. The quantitative estimate of drug-likeness (QED) is 0.639. The Balaban J connectivity index is 2.61. The van der Waals surface area contributed by atoms with Crippen LogP contribution in [0.4, 0.5) is 16.3 Å². The Hall–Kier alpha value is -2.51. The maximum absolute atomic E-state index is 11.6. The molecule has 1 heterocycles. The van der Waals surface area contributed by atoms with E-state index in [1.807, 2.05) is 0 Å². The van der Waals surface area contributed by atoms with Gasteiger partial charge in [0, 0.05) is 12.7 Å². The molecule has 0 aliphatic rings. The molecular formula is C13H20N4O4. The van der Waals surface area contributed by atoms with E-state index in [0.717, 1.165) is 0 Å². The summed E-state index contributed by atoms with van der Waals surface area (Å²) in [5.74, 6) is -0.836. The molecule has 8 nitrogen and oxygen atoms in total. The lowest BCUT2D eigenvalue weighted by atomic mass is 10.2. The maximum Gasteiger partial charge on any atom is 0.408 e. The minimum absolute atomic E-state index is 0.0736. The molecule has 1 rings (SSSR count). The summed E-state index contributed by atoms with van der Waals surface area (Å²) in [6, 6.07) is 2.13. The summed E-state index contributed by atoms with van der Waals surface area (Å²) in [5.41, 5.74) is 5.37. The van der Waals surface area contributed by atoms with Crippen molar-refractivity contribution in [1.82, 2.24) is 10.3 Å². The Morgan fingerprint density at radius 2 is 2.14 bits per heavy atom. The molecule has 0 unspecified atom stereocenters. The second-order valence-corrected chi connectivity index (χ2v) is 5.36. The van der Waals surface area contributed by atoms with E-state index in [1.165, 1.54) is 6.20 Å². The smallest absolute Gasteiger partial charge is 0.408 e. The van der Waals surface area contributed by atoms with E-state index in [0.29, 0.717) is 11.5 Å². The van der Waals surface area contributed by atoms with Crippen LogP contribution in [0.3, 0.4) is 0 Å². The minimum Gasteiger partial charge on any atom is -0.480 e. The number of nitrogen functional groups attached to an aromatic ring is 1. The molecule has 1 aromatic rings. The fourth-order valence-corrected chi connectivity index (χ4v) is 1.41. The number of hydrogen-bond acceptors (Lipinski definition) is 6. The first kappa shape index (κ1) is 16.5. The molecule has 1 atom stereocenters. The van der Waals surface area contributed by atoms with Gasteiger partial charge in [-0.25, -0.2) is 14.6 Å². The normalized spacial score (nSPS) is 12.3. The topological polar surface area (TPSA) is 127 Å². The molecule has 0 saturated carbocycles. The zero-order chi connectivity index (χ0) is 16.0. The number of rotatable bonds is 5. The third-order valence-electron chi connectivity index (χ3n) is 2.30. The van der Waals surface area contributed by atoms with Crippen LogP contribution in [0.25, 0.3) is 0 Å². The lowest BCUT2D eigenvalue weighted by molar-refractivity contribution is -0.139. The number of carboxylic acids is 1. The molecule has 0 aromatic carbocycles. The van der Waals surface area contributed by atoms with Crippen LogP contribution in [-0.4, -0.2) is 40.3 Å². The lowest BCUT2D eigenvalue weighted by Crippen LogP contribution is -2.47. The Morgan fingerprint density at radius 1 is 1.48 bits per heavy atom. The van der Waals surface area contributed by atoms with E-state index in [2.05, 4.69) is 15.6 Å². The monoisotopic (exact) mass is 296 g/mol. The van der Waals surface area contributed by atoms with Crippen molar-refractivity contribution in [3.63, 3.8) is 0 Å². The Bertz CT molecular complexity index is 513. The fraction of sp³-hybridized carbons (Fsp3) is 0.462. The molecule has 0 fully saturated rings. The van der Waals surface area contributed by atoms with Crippen LogP contribution in [0.2, 0.25) is 0 Å². The third-order valence-corrected chi connectivity index (χ3v) is 2.30. The average Bonchev–Trinajstić information content (AvgIpc) is 2.33. The van der Waals surface area contributed by atoms with Gasteiger partial charge in [-0.15, -0.1) is 0 Å². The summed E-state index contributed by atoms with van der Waals surface area (Å²) in [6.07, 6.45) is 0.723. The lowest BCUT2D eigenvalue weighted by Gasteiger charge is -2.22. The molecule has 0 radical (unpaired) electrons. The Kier molecular flexibility index (Phi) is 5.34. The van der Waals surface area contributed by atoms with Crippen molar-refractivity contribution in [2.24, 2.45) is 0 Å². The first-order chi connectivity index (χ1) is 9.69. The predicted octanol–water partition coefficient (Wildman–Crippen LogP) is 1.05. The molecule has 0 bridgehead atoms. The number of alkyl carbamates (subject to hydrolysis) is 1. The number of nitrogens with zero attached hydrogens (tertiary/aromatic N) is 1. The standard InChI is InChI=1S/C13H20N4O4/c1-13(2,3)21-12(20)17-9(11(18)19)7-16-10-8(14)5-4-6-15-10/h4-6,9H,7,14H2,1-3H3,(H,15,16)(H,17,20)(H,18,19)/t9-/m0/s1.